The summed E-state index contributed by atoms with van der Waals surface area (Å²) in [5.41, 5.74) is 2.35. The fourth-order valence-electron chi connectivity index (χ4n) is 6.55. The quantitative estimate of drug-likeness (QED) is 0.236. The summed E-state index contributed by atoms with van der Waals surface area (Å²) >= 11 is 0. The fraction of sp³-hybridized carbons (Fsp3) is 0.690. The van der Waals surface area contributed by atoms with Crippen LogP contribution in [0.25, 0.3) is 10.9 Å². The maximum absolute atomic E-state index is 13.7. The monoisotopic (exact) mass is 532 g/mol. The van der Waals surface area contributed by atoms with E-state index in [0.29, 0.717) is 43.2 Å². The van der Waals surface area contributed by atoms with Gasteiger partial charge in [-0.3, -0.25) is 9.69 Å². The van der Waals surface area contributed by atoms with Crippen LogP contribution in [0.2, 0.25) is 0 Å². The number of piperidine rings is 1. The second-order valence-electron chi connectivity index (χ2n) is 10.7. The molecule has 1 saturated heterocycles. The Morgan fingerprint density at radius 3 is 2.55 bits per heavy atom. The molecule has 9 heteroatoms. The molecule has 1 fully saturated rings. The van der Waals surface area contributed by atoms with Gasteiger partial charge in [0, 0.05) is 55.5 Å². The van der Waals surface area contributed by atoms with Crippen LogP contribution in [0.3, 0.4) is 0 Å². The second-order valence-corrected chi connectivity index (χ2v) is 10.7. The summed E-state index contributed by atoms with van der Waals surface area (Å²) in [6, 6.07) is 4.02. The van der Waals surface area contributed by atoms with Crippen molar-refractivity contribution in [3.05, 3.63) is 23.4 Å². The third-order valence-electron chi connectivity index (χ3n) is 8.51. The summed E-state index contributed by atoms with van der Waals surface area (Å²) in [5, 5.41) is 1.08. The Balaban J connectivity index is 1.57. The van der Waals surface area contributed by atoms with Gasteiger partial charge >= 0.3 is 5.97 Å². The highest BCUT2D eigenvalue weighted by molar-refractivity contribution is 5.93. The Hall–Kier alpha value is -2.33. The molecule has 0 saturated carbocycles. The fourth-order valence-corrected chi connectivity index (χ4v) is 6.55. The van der Waals surface area contributed by atoms with Crippen molar-refractivity contribution in [1.29, 1.82) is 0 Å². The van der Waals surface area contributed by atoms with Gasteiger partial charge in [-0.25, -0.2) is 0 Å². The maximum atomic E-state index is 13.7. The summed E-state index contributed by atoms with van der Waals surface area (Å²) in [4.78, 5) is 19.9. The number of hydrogen-bond donors (Lipinski definition) is 1. The van der Waals surface area contributed by atoms with E-state index in [1.807, 2.05) is 12.1 Å². The van der Waals surface area contributed by atoms with E-state index in [-0.39, 0.29) is 18.8 Å². The van der Waals surface area contributed by atoms with E-state index in [1.165, 1.54) is 12.7 Å². The van der Waals surface area contributed by atoms with Crippen molar-refractivity contribution in [2.75, 3.05) is 68.1 Å². The van der Waals surface area contributed by atoms with Gasteiger partial charge in [0.1, 0.15) is 12.2 Å². The lowest BCUT2D eigenvalue weighted by atomic mass is 9.66. The van der Waals surface area contributed by atoms with Gasteiger partial charge in [0.2, 0.25) is 0 Å². The molecule has 0 spiro atoms. The van der Waals surface area contributed by atoms with Gasteiger partial charge in [0.25, 0.3) is 0 Å². The van der Waals surface area contributed by atoms with E-state index in [0.717, 1.165) is 55.4 Å². The molecule has 9 nitrogen and oxygen atoms in total. The van der Waals surface area contributed by atoms with Gasteiger partial charge in [-0.1, -0.05) is 6.92 Å². The summed E-state index contributed by atoms with van der Waals surface area (Å²) in [7, 11) is 6.45. The van der Waals surface area contributed by atoms with Crippen LogP contribution in [0.5, 0.6) is 11.5 Å². The van der Waals surface area contributed by atoms with Crippen LogP contribution in [0.4, 0.5) is 0 Å². The van der Waals surface area contributed by atoms with Crippen LogP contribution < -0.4 is 9.47 Å². The number of methoxy groups -OCH3 is 4. The van der Waals surface area contributed by atoms with E-state index in [4.69, 9.17) is 28.4 Å². The Morgan fingerprint density at radius 2 is 1.84 bits per heavy atom. The number of benzene rings is 1. The number of fused-ring (bicyclic) bond motifs is 6. The number of carbonyl (C=O) groups excluding carboxylic acids is 1. The highest BCUT2D eigenvalue weighted by atomic mass is 16.7. The number of aromatic nitrogens is 1. The lowest BCUT2D eigenvalue weighted by Crippen LogP contribution is -2.59. The molecular formula is C29H44N2O7. The Labute approximate surface area is 226 Å². The van der Waals surface area contributed by atoms with Crippen LogP contribution >= 0.6 is 0 Å². The van der Waals surface area contributed by atoms with Crippen LogP contribution in [0, 0.1) is 11.8 Å². The van der Waals surface area contributed by atoms with E-state index in [1.54, 1.807) is 21.3 Å². The van der Waals surface area contributed by atoms with Crippen molar-refractivity contribution in [1.82, 2.24) is 9.88 Å². The van der Waals surface area contributed by atoms with E-state index < -0.39 is 5.41 Å². The molecule has 212 valence electrons. The average Bonchev–Trinajstić information content (AvgIpc) is 3.26. The molecule has 1 N–H and O–H groups in total. The zero-order chi connectivity index (χ0) is 27.3. The van der Waals surface area contributed by atoms with Crippen molar-refractivity contribution in [2.45, 2.75) is 51.0 Å². The smallest absolute Gasteiger partial charge is 0.319 e. The molecule has 2 aliphatic rings. The molecule has 4 unspecified atom stereocenters. The number of carbonyl (C=O) groups is 1. The zero-order valence-corrected chi connectivity index (χ0v) is 23.8. The topological polar surface area (TPSA) is 91.5 Å². The van der Waals surface area contributed by atoms with Crippen LogP contribution in [0.1, 0.15) is 44.4 Å². The number of esters is 1. The number of ether oxygens (including phenoxy) is 6. The van der Waals surface area contributed by atoms with Crippen molar-refractivity contribution in [2.24, 2.45) is 11.8 Å². The van der Waals surface area contributed by atoms with E-state index in [2.05, 4.69) is 23.7 Å². The Bertz CT molecular complexity index is 1090. The van der Waals surface area contributed by atoms with E-state index in [9.17, 15) is 4.79 Å². The molecule has 2 aromatic rings. The summed E-state index contributed by atoms with van der Waals surface area (Å²) in [6.07, 6.45) is 3.57. The first-order valence-electron chi connectivity index (χ1n) is 13.6. The minimum Gasteiger partial charge on any atom is -0.493 e. The number of nitrogens with one attached hydrogen (secondary N) is 1. The van der Waals surface area contributed by atoms with Crippen molar-refractivity contribution >= 4 is 16.9 Å². The van der Waals surface area contributed by atoms with Crippen molar-refractivity contribution in [3.8, 4) is 11.5 Å². The highest BCUT2D eigenvalue weighted by Crippen LogP contribution is 2.49. The molecular weight excluding hydrogens is 488 g/mol. The molecule has 5 atom stereocenters. The van der Waals surface area contributed by atoms with Gasteiger partial charge in [-0.05, 0) is 56.1 Å². The molecule has 0 amide bonds. The zero-order valence-electron chi connectivity index (χ0n) is 23.8. The molecule has 2 bridgehead atoms. The van der Waals surface area contributed by atoms with Crippen LogP contribution in [-0.2, 0) is 35.6 Å². The molecule has 1 aromatic carbocycles. The van der Waals surface area contributed by atoms with Gasteiger partial charge in [0.05, 0.1) is 34.5 Å². The van der Waals surface area contributed by atoms with Crippen LogP contribution in [0.15, 0.2) is 12.1 Å². The molecule has 38 heavy (non-hydrogen) atoms. The number of aromatic amines is 1. The minimum absolute atomic E-state index is 0.0205. The normalized spacial score (nSPS) is 25.5. The number of rotatable bonds is 13. The third-order valence-corrected chi connectivity index (χ3v) is 8.51. The number of nitrogens with zero attached hydrogens (tertiary/aromatic N) is 1. The summed E-state index contributed by atoms with van der Waals surface area (Å²) < 4.78 is 32.7. The average molecular weight is 533 g/mol. The lowest BCUT2D eigenvalue weighted by molar-refractivity contribution is -0.154. The lowest BCUT2D eigenvalue weighted by Gasteiger charge is -2.48. The predicted octanol–water partition coefficient (Wildman–Crippen LogP) is 3.92. The third kappa shape index (κ3) is 5.52. The first-order valence-corrected chi connectivity index (χ1v) is 13.6. The van der Waals surface area contributed by atoms with E-state index >= 15 is 0 Å². The Kier molecular flexibility index (Phi) is 9.57. The first-order chi connectivity index (χ1) is 18.4. The van der Waals surface area contributed by atoms with Crippen molar-refractivity contribution in [3.63, 3.8) is 0 Å². The van der Waals surface area contributed by atoms with Gasteiger partial charge in [0.15, 0.2) is 11.5 Å². The van der Waals surface area contributed by atoms with Gasteiger partial charge < -0.3 is 33.4 Å². The highest BCUT2D eigenvalue weighted by Gasteiger charge is 2.56. The number of H-pyrrole nitrogens is 1. The molecule has 0 aliphatic carbocycles. The van der Waals surface area contributed by atoms with Gasteiger partial charge in [-0.2, -0.15) is 0 Å². The Morgan fingerprint density at radius 1 is 1.11 bits per heavy atom. The molecule has 3 heterocycles. The molecule has 1 aromatic heterocycles. The van der Waals surface area contributed by atoms with Crippen LogP contribution in [-0.4, -0.2) is 90.0 Å². The SMILES string of the molecule is COCCOCOCCC(C)C[C@@H]1CN2CCc3c([nH]c4cc(OC)c(OC)cc34)C(C(=O)OC)(C1)C2C. The van der Waals surface area contributed by atoms with Gasteiger partial charge in [-0.15, -0.1) is 0 Å². The predicted molar refractivity (Wildman–Crippen MR) is 145 cm³/mol. The molecule has 4 rings (SSSR count). The number of hydrogen-bond acceptors (Lipinski definition) is 8. The maximum Gasteiger partial charge on any atom is 0.319 e. The summed E-state index contributed by atoms with van der Waals surface area (Å²) in [6.45, 7) is 8.35. The standard InChI is InChI=1S/C29H44N2O7/c1-19(8-10-37-18-38-12-11-33-3)13-21-16-29(28(32)36-6)20(2)31(17-21)9-7-22-23-14-25(34-4)26(35-5)15-24(23)30-27(22)29/h14-15,19-21,30H,7-13,16-18H2,1-6H3/t19?,20?,21-,29?/m0/s1. The molecule has 0 radical (unpaired) electrons. The van der Waals surface area contributed by atoms with Crippen molar-refractivity contribution < 1.29 is 33.2 Å². The minimum atomic E-state index is -0.769. The molecule has 2 aliphatic heterocycles. The first kappa shape index (κ1) is 28.7. The second kappa shape index (κ2) is 12.7. The summed E-state index contributed by atoms with van der Waals surface area (Å²) in [5.74, 6) is 2.01. The largest absolute Gasteiger partial charge is 0.493 e.